The summed E-state index contributed by atoms with van der Waals surface area (Å²) in [4.78, 5) is 13.2. The highest BCUT2D eigenvalue weighted by Gasteiger charge is 2.25. The number of hydrogen-bond acceptors (Lipinski definition) is 3. The number of hydrogen-bond donors (Lipinski definition) is 1. The topological polar surface area (TPSA) is 65.3 Å². The number of anilines is 1. The minimum absolute atomic E-state index is 0.296. The van der Waals surface area contributed by atoms with Gasteiger partial charge in [-0.2, -0.15) is 4.73 Å². The van der Waals surface area contributed by atoms with Crippen molar-refractivity contribution in [3.63, 3.8) is 0 Å². The van der Waals surface area contributed by atoms with E-state index in [1.165, 1.54) is 0 Å². The first kappa shape index (κ1) is 20.7. The van der Waals surface area contributed by atoms with E-state index in [2.05, 4.69) is 19.2 Å². The first-order valence-electron chi connectivity index (χ1n) is 9.58. The molecule has 146 valence electrons. The van der Waals surface area contributed by atoms with Gasteiger partial charge in [0.1, 0.15) is 11.3 Å². The zero-order chi connectivity index (χ0) is 20.1. The van der Waals surface area contributed by atoms with Crippen molar-refractivity contribution >= 4 is 11.6 Å². The summed E-state index contributed by atoms with van der Waals surface area (Å²) in [6.07, 6.45) is 1.63. The highest BCUT2D eigenvalue weighted by Crippen LogP contribution is 2.27. The quantitative estimate of drug-likeness (QED) is 0.582. The SMILES string of the molecule is CCc1cccc(CC)c1NC(=O)c1c(OCC(C)C)cc(C)[n+]([O-])c1C. The molecule has 0 bridgehead atoms. The fourth-order valence-electron chi connectivity index (χ4n) is 3.09. The minimum Gasteiger partial charge on any atom is -0.618 e. The van der Waals surface area contributed by atoms with Gasteiger partial charge in [-0.25, -0.2) is 0 Å². The minimum atomic E-state index is -0.313. The molecule has 0 aliphatic heterocycles. The molecule has 0 aliphatic rings. The van der Waals surface area contributed by atoms with Crippen LogP contribution in [0.4, 0.5) is 5.69 Å². The summed E-state index contributed by atoms with van der Waals surface area (Å²) in [6.45, 7) is 12.1. The fraction of sp³-hybridized carbons (Fsp3) is 0.455. The van der Waals surface area contributed by atoms with Gasteiger partial charge in [-0.3, -0.25) is 4.79 Å². The maximum Gasteiger partial charge on any atom is 0.265 e. The first-order valence-corrected chi connectivity index (χ1v) is 9.58. The average Bonchev–Trinajstić information content (AvgIpc) is 2.64. The van der Waals surface area contributed by atoms with Gasteiger partial charge in [0, 0.05) is 25.6 Å². The summed E-state index contributed by atoms with van der Waals surface area (Å²) in [5, 5.41) is 15.4. The molecule has 0 radical (unpaired) electrons. The molecule has 0 saturated carbocycles. The Hall–Kier alpha value is -2.56. The normalized spacial score (nSPS) is 10.9. The number of carbonyl (C=O) groups excluding carboxylic acids is 1. The van der Waals surface area contributed by atoms with Gasteiger partial charge < -0.3 is 15.3 Å². The Morgan fingerprint density at radius 1 is 1.19 bits per heavy atom. The number of ether oxygens (including phenoxy) is 1. The molecule has 0 unspecified atom stereocenters. The zero-order valence-electron chi connectivity index (χ0n) is 17.2. The predicted octanol–water partition coefficient (Wildman–Crippen LogP) is 4.35. The Kier molecular flexibility index (Phi) is 6.83. The molecule has 5 heteroatoms. The molecule has 1 heterocycles. The number of carbonyl (C=O) groups is 1. The molecular formula is C22H30N2O3. The van der Waals surface area contributed by atoms with Crippen LogP contribution < -0.4 is 14.8 Å². The van der Waals surface area contributed by atoms with Crippen molar-refractivity contribution in [3.05, 3.63) is 57.6 Å². The number of nitrogens with zero attached hydrogens (tertiary/aromatic N) is 1. The van der Waals surface area contributed by atoms with Gasteiger partial charge in [-0.1, -0.05) is 45.9 Å². The van der Waals surface area contributed by atoms with Crippen LogP contribution >= 0.6 is 0 Å². The zero-order valence-corrected chi connectivity index (χ0v) is 17.2. The number of pyridine rings is 1. The van der Waals surface area contributed by atoms with Gasteiger partial charge in [-0.05, 0) is 29.9 Å². The summed E-state index contributed by atoms with van der Waals surface area (Å²) in [5.41, 5.74) is 4.13. The van der Waals surface area contributed by atoms with Crippen LogP contribution in [-0.2, 0) is 12.8 Å². The number of aromatic nitrogens is 1. The summed E-state index contributed by atoms with van der Waals surface area (Å²) < 4.78 is 6.66. The Labute approximate surface area is 162 Å². The van der Waals surface area contributed by atoms with E-state index in [0.29, 0.717) is 35.2 Å². The van der Waals surface area contributed by atoms with Crippen LogP contribution in [0, 0.1) is 25.0 Å². The third-order valence-corrected chi connectivity index (χ3v) is 4.61. The maximum absolute atomic E-state index is 13.2. The van der Waals surface area contributed by atoms with Crippen LogP contribution in [0.5, 0.6) is 5.75 Å². The van der Waals surface area contributed by atoms with Crippen molar-refractivity contribution in [1.29, 1.82) is 0 Å². The third kappa shape index (κ3) is 4.59. The van der Waals surface area contributed by atoms with Crippen LogP contribution in [0.15, 0.2) is 24.3 Å². The second-order valence-corrected chi connectivity index (χ2v) is 7.22. The fourth-order valence-corrected chi connectivity index (χ4v) is 3.09. The van der Waals surface area contributed by atoms with Crippen molar-refractivity contribution in [1.82, 2.24) is 0 Å². The van der Waals surface area contributed by atoms with E-state index < -0.39 is 0 Å². The number of rotatable bonds is 7. The first-order chi connectivity index (χ1) is 12.8. The summed E-state index contributed by atoms with van der Waals surface area (Å²) in [5.74, 6) is 0.454. The molecule has 0 aliphatic carbocycles. The van der Waals surface area contributed by atoms with Gasteiger partial charge >= 0.3 is 0 Å². The Morgan fingerprint density at radius 2 is 1.78 bits per heavy atom. The van der Waals surface area contributed by atoms with E-state index in [4.69, 9.17) is 4.74 Å². The summed E-state index contributed by atoms with van der Waals surface area (Å²) in [7, 11) is 0. The third-order valence-electron chi connectivity index (χ3n) is 4.61. The molecule has 2 rings (SSSR count). The van der Waals surface area contributed by atoms with Gasteiger partial charge in [-0.15, -0.1) is 0 Å². The highest BCUT2D eigenvalue weighted by molar-refractivity contribution is 6.07. The molecule has 1 aromatic carbocycles. The molecular weight excluding hydrogens is 340 g/mol. The molecule has 0 atom stereocenters. The molecule has 2 aromatic rings. The number of nitrogens with one attached hydrogen (secondary N) is 1. The molecule has 5 nitrogen and oxygen atoms in total. The molecule has 27 heavy (non-hydrogen) atoms. The predicted molar refractivity (Wildman–Crippen MR) is 108 cm³/mol. The van der Waals surface area contributed by atoms with Crippen molar-refractivity contribution in [3.8, 4) is 5.75 Å². The Morgan fingerprint density at radius 3 is 2.30 bits per heavy atom. The second kappa shape index (κ2) is 8.89. The molecule has 1 amide bonds. The summed E-state index contributed by atoms with van der Waals surface area (Å²) >= 11 is 0. The number of para-hydroxylation sites is 1. The van der Waals surface area contributed by atoms with Crippen molar-refractivity contribution in [2.45, 2.75) is 54.4 Å². The number of aryl methyl sites for hydroxylation is 3. The standard InChI is InChI=1S/C22H30N2O3/c1-7-17-10-9-11-18(8-2)21(17)23-22(25)20-16(6)24(26)15(5)12-19(20)27-13-14(3)4/h9-12,14H,7-8,13H2,1-6H3,(H,23,25). The van der Waals surface area contributed by atoms with Crippen LogP contribution in [0.2, 0.25) is 0 Å². The van der Waals surface area contributed by atoms with Crippen molar-refractivity contribution < 1.29 is 14.3 Å². The van der Waals surface area contributed by atoms with E-state index in [0.717, 1.165) is 34.4 Å². The lowest BCUT2D eigenvalue weighted by Gasteiger charge is -2.18. The van der Waals surface area contributed by atoms with E-state index in [-0.39, 0.29) is 5.91 Å². The van der Waals surface area contributed by atoms with Crippen LogP contribution in [0.3, 0.4) is 0 Å². The Bertz CT molecular complexity index is 807. The van der Waals surface area contributed by atoms with Gasteiger partial charge in [0.2, 0.25) is 5.69 Å². The lowest BCUT2D eigenvalue weighted by molar-refractivity contribution is -0.619. The van der Waals surface area contributed by atoms with Crippen molar-refractivity contribution in [2.75, 3.05) is 11.9 Å². The highest BCUT2D eigenvalue weighted by atomic mass is 16.5. The Balaban J connectivity index is 2.48. The number of amides is 1. The van der Waals surface area contributed by atoms with Gasteiger partial charge in [0.15, 0.2) is 5.69 Å². The smallest absolute Gasteiger partial charge is 0.265 e. The van der Waals surface area contributed by atoms with Crippen LogP contribution in [-0.4, -0.2) is 12.5 Å². The number of benzene rings is 1. The molecule has 0 saturated heterocycles. The summed E-state index contributed by atoms with van der Waals surface area (Å²) in [6, 6.07) is 7.68. The maximum atomic E-state index is 13.2. The monoisotopic (exact) mass is 370 g/mol. The lowest BCUT2D eigenvalue weighted by Crippen LogP contribution is -2.37. The van der Waals surface area contributed by atoms with E-state index in [1.807, 2.05) is 32.0 Å². The molecule has 1 aromatic heterocycles. The van der Waals surface area contributed by atoms with E-state index >= 15 is 0 Å². The second-order valence-electron chi connectivity index (χ2n) is 7.22. The molecule has 1 N–H and O–H groups in total. The largest absolute Gasteiger partial charge is 0.618 e. The van der Waals surface area contributed by atoms with Gasteiger partial charge in [0.05, 0.1) is 6.61 Å². The van der Waals surface area contributed by atoms with E-state index in [9.17, 15) is 10.0 Å². The molecule has 0 spiro atoms. The van der Waals surface area contributed by atoms with Crippen LogP contribution in [0.1, 0.15) is 60.6 Å². The molecule has 0 fully saturated rings. The van der Waals surface area contributed by atoms with Crippen LogP contribution in [0.25, 0.3) is 0 Å². The van der Waals surface area contributed by atoms with E-state index in [1.54, 1.807) is 19.9 Å². The lowest BCUT2D eigenvalue weighted by atomic mass is 10.0. The van der Waals surface area contributed by atoms with Crippen molar-refractivity contribution in [2.24, 2.45) is 5.92 Å². The average molecular weight is 370 g/mol. The van der Waals surface area contributed by atoms with Gasteiger partial charge in [0.25, 0.3) is 5.91 Å².